The Kier molecular flexibility index (Phi) is 36.0. The lowest BCUT2D eigenvalue weighted by molar-refractivity contribution is -0.332. The van der Waals surface area contributed by atoms with Crippen molar-refractivity contribution >= 4 is 11.9 Å². The van der Waals surface area contributed by atoms with Crippen molar-refractivity contribution in [1.82, 2.24) is 0 Å². The van der Waals surface area contributed by atoms with Gasteiger partial charge in [-0.15, -0.1) is 0 Å². The van der Waals surface area contributed by atoms with E-state index < -0.39 is 99.3 Å². The highest BCUT2D eigenvalue weighted by atomic mass is 16.7. The zero-order valence-corrected chi connectivity index (χ0v) is 41.3. The molecule has 11 atom stereocenters. The van der Waals surface area contributed by atoms with Gasteiger partial charge < -0.3 is 64.2 Å². The van der Waals surface area contributed by atoms with Gasteiger partial charge in [0, 0.05) is 12.8 Å². The van der Waals surface area contributed by atoms with E-state index in [-0.39, 0.29) is 19.4 Å². The Balaban J connectivity index is 1.83. The second-order valence-corrected chi connectivity index (χ2v) is 18.0. The lowest BCUT2D eigenvalue weighted by Gasteiger charge is -2.42. The molecule has 15 heteroatoms. The molecule has 7 N–H and O–H groups in total. The summed E-state index contributed by atoms with van der Waals surface area (Å²) in [4.78, 5) is 25.7. The van der Waals surface area contributed by atoms with Gasteiger partial charge in [0.25, 0.3) is 0 Å². The Morgan fingerprint density at radius 3 is 1.49 bits per heavy atom. The summed E-state index contributed by atoms with van der Waals surface area (Å²) >= 11 is 0. The summed E-state index contributed by atoms with van der Waals surface area (Å²) in [6, 6.07) is 0. The summed E-state index contributed by atoms with van der Waals surface area (Å²) in [6.45, 7) is 2.47. The van der Waals surface area contributed by atoms with Crippen molar-refractivity contribution in [1.29, 1.82) is 0 Å². The van der Waals surface area contributed by atoms with Crippen LogP contribution in [0.1, 0.15) is 168 Å². The summed E-state index contributed by atoms with van der Waals surface area (Å²) < 4.78 is 33.5. The molecule has 2 rings (SSSR count). The third-order valence-corrected chi connectivity index (χ3v) is 12.0. The van der Waals surface area contributed by atoms with E-state index in [9.17, 15) is 45.3 Å². The Morgan fingerprint density at radius 2 is 0.912 bits per heavy atom. The van der Waals surface area contributed by atoms with E-state index in [0.29, 0.717) is 19.3 Å². The molecule has 0 saturated carbocycles. The number of carbonyl (C=O) groups is 2. The van der Waals surface area contributed by atoms with Crippen LogP contribution in [0.2, 0.25) is 0 Å². The molecule has 0 aromatic carbocycles. The van der Waals surface area contributed by atoms with Gasteiger partial charge >= 0.3 is 11.9 Å². The molecular weight excluding hydrogens is 877 g/mol. The standard InChI is InChI=1S/C53H90O15/c1-3-5-7-9-11-13-15-16-17-18-19-20-21-22-23-24-26-28-30-32-34-36-45(56)66-41(38-63-44(55)35-33-31-29-27-25-14-12-10-8-6-4-2)39-64-52-51(62)49(60)47(58)43(68-52)40-65-53-50(61)48(59)46(57)42(37-54)67-53/h10,12,17-18,20-21,23-24,28,30,41-43,46-54,57-62H,3-9,11,13-16,19,22,25-27,29,31-40H2,1-2H3/b12-10+,18-17+,21-20+,24-23+,30-28+/t41-,42+,43+,46-,47-,48?,49?,50?,51?,52+,53+/m1/s1. The predicted molar refractivity (Wildman–Crippen MR) is 261 cm³/mol. The quantitative estimate of drug-likeness (QED) is 0.0183. The van der Waals surface area contributed by atoms with Crippen molar-refractivity contribution in [2.75, 3.05) is 26.4 Å². The van der Waals surface area contributed by atoms with E-state index in [2.05, 4.69) is 62.5 Å². The van der Waals surface area contributed by atoms with Gasteiger partial charge in [0.15, 0.2) is 18.7 Å². The van der Waals surface area contributed by atoms with Gasteiger partial charge in [-0.1, -0.05) is 145 Å². The van der Waals surface area contributed by atoms with Crippen molar-refractivity contribution in [3.63, 3.8) is 0 Å². The van der Waals surface area contributed by atoms with E-state index >= 15 is 0 Å². The number of allylic oxidation sites excluding steroid dienone is 10. The zero-order chi connectivity index (χ0) is 49.6. The first-order valence-electron chi connectivity index (χ1n) is 25.9. The molecule has 4 unspecified atom stereocenters. The minimum absolute atomic E-state index is 0.0856. The van der Waals surface area contributed by atoms with Crippen molar-refractivity contribution in [3.05, 3.63) is 60.8 Å². The van der Waals surface area contributed by atoms with E-state index in [1.807, 2.05) is 12.2 Å². The third kappa shape index (κ3) is 27.6. The first-order valence-corrected chi connectivity index (χ1v) is 25.9. The highest BCUT2D eigenvalue weighted by molar-refractivity contribution is 5.70. The SMILES string of the molecule is CCCC/C=C/CCCCCCCC(=O)OC[C@H](CO[C@H]1O[C@@H](CO[C@H]2O[C@@H](CO)[C@@H](O)C(O)C2O)[C@@H](O)C(O)C1O)OC(=O)CCC/C=C/C/C=C/C/C=C/C/C=C/CCCCCCCCC. The Labute approximate surface area is 407 Å². The average Bonchev–Trinajstić information content (AvgIpc) is 3.33. The zero-order valence-electron chi connectivity index (χ0n) is 41.3. The Bertz CT molecular complexity index is 1420. The first kappa shape index (κ1) is 61.3. The molecule has 0 radical (unpaired) electrons. The molecule has 0 spiro atoms. The van der Waals surface area contributed by atoms with Gasteiger partial charge in [0.1, 0.15) is 55.4 Å². The highest BCUT2D eigenvalue weighted by Crippen LogP contribution is 2.26. The van der Waals surface area contributed by atoms with Gasteiger partial charge in [-0.3, -0.25) is 9.59 Å². The lowest BCUT2D eigenvalue weighted by Crippen LogP contribution is -2.61. The maximum Gasteiger partial charge on any atom is 0.306 e. The molecule has 0 aromatic heterocycles. The molecule has 392 valence electrons. The molecular formula is C53H90O15. The fourth-order valence-corrected chi connectivity index (χ4v) is 7.66. The molecule has 2 aliphatic rings. The second kappa shape index (κ2) is 39.9. The molecule has 0 bridgehead atoms. The largest absolute Gasteiger partial charge is 0.462 e. The van der Waals surface area contributed by atoms with Crippen molar-refractivity contribution < 1.29 is 73.8 Å². The molecule has 2 heterocycles. The molecule has 2 aliphatic heterocycles. The van der Waals surface area contributed by atoms with Crippen molar-refractivity contribution in [3.8, 4) is 0 Å². The number of hydrogen-bond donors (Lipinski definition) is 7. The molecule has 2 fully saturated rings. The summed E-state index contributed by atoms with van der Waals surface area (Å²) in [7, 11) is 0. The third-order valence-electron chi connectivity index (χ3n) is 12.0. The molecule has 68 heavy (non-hydrogen) atoms. The smallest absolute Gasteiger partial charge is 0.306 e. The van der Waals surface area contributed by atoms with Crippen LogP contribution in [0.3, 0.4) is 0 Å². The Hall–Kier alpha value is -2.80. The number of hydrogen-bond acceptors (Lipinski definition) is 15. The van der Waals surface area contributed by atoms with E-state index in [4.69, 9.17) is 28.4 Å². The van der Waals surface area contributed by atoms with Crippen LogP contribution in [0.5, 0.6) is 0 Å². The van der Waals surface area contributed by atoms with Crippen LogP contribution in [0, 0.1) is 0 Å². The minimum Gasteiger partial charge on any atom is -0.462 e. The maximum absolute atomic E-state index is 13.0. The Morgan fingerprint density at radius 1 is 0.471 bits per heavy atom. The highest BCUT2D eigenvalue weighted by Gasteiger charge is 2.47. The fraction of sp³-hybridized carbons (Fsp3) is 0.774. The van der Waals surface area contributed by atoms with E-state index in [0.717, 1.165) is 64.2 Å². The topological polar surface area (TPSA) is 231 Å². The number of carbonyl (C=O) groups excluding carboxylic acids is 2. The molecule has 2 saturated heterocycles. The number of esters is 2. The fourth-order valence-electron chi connectivity index (χ4n) is 7.66. The van der Waals surface area contributed by atoms with Crippen LogP contribution < -0.4 is 0 Å². The summed E-state index contributed by atoms with van der Waals surface area (Å²) in [6.07, 6.45) is 28.4. The van der Waals surface area contributed by atoms with E-state index in [1.54, 1.807) is 0 Å². The van der Waals surface area contributed by atoms with Crippen molar-refractivity contribution in [2.24, 2.45) is 0 Å². The number of aliphatic hydroxyl groups excluding tert-OH is 7. The normalized spacial score (nSPS) is 26.2. The van der Waals surface area contributed by atoms with Gasteiger partial charge in [0.2, 0.25) is 0 Å². The number of ether oxygens (including phenoxy) is 6. The molecule has 15 nitrogen and oxygen atoms in total. The molecule has 0 amide bonds. The van der Waals surface area contributed by atoms with Crippen LogP contribution in [-0.2, 0) is 38.0 Å². The monoisotopic (exact) mass is 967 g/mol. The van der Waals surface area contributed by atoms with Crippen molar-refractivity contribution in [2.45, 2.75) is 235 Å². The number of aliphatic hydroxyl groups is 7. The molecule has 0 aromatic rings. The van der Waals surface area contributed by atoms with Gasteiger partial charge in [0.05, 0.1) is 19.8 Å². The lowest BCUT2D eigenvalue weighted by atomic mass is 9.98. The predicted octanol–water partition coefficient (Wildman–Crippen LogP) is 7.27. The first-order chi connectivity index (χ1) is 33.0. The van der Waals surface area contributed by atoms with Crippen LogP contribution in [-0.4, -0.2) is 142 Å². The number of rotatable bonds is 39. The molecule has 0 aliphatic carbocycles. The van der Waals surface area contributed by atoms with E-state index in [1.165, 1.54) is 57.8 Å². The van der Waals surface area contributed by atoms with Crippen LogP contribution >= 0.6 is 0 Å². The van der Waals surface area contributed by atoms with Crippen LogP contribution in [0.15, 0.2) is 60.8 Å². The van der Waals surface area contributed by atoms with Gasteiger partial charge in [-0.25, -0.2) is 0 Å². The van der Waals surface area contributed by atoms with Gasteiger partial charge in [-0.05, 0) is 70.6 Å². The summed E-state index contributed by atoms with van der Waals surface area (Å²) in [5.74, 6) is -1.01. The van der Waals surface area contributed by atoms with Crippen LogP contribution in [0.4, 0.5) is 0 Å². The second-order valence-electron chi connectivity index (χ2n) is 18.0. The summed E-state index contributed by atoms with van der Waals surface area (Å²) in [5.41, 5.74) is 0. The maximum atomic E-state index is 13.0. The average molecular weight is 967 g/mol. The van der Waals surface area contributed by atoms with Gasteiger partial charge in [-0.2, -0.15) is 0 Å². The van der Waals surface area contributed by atoms with Crippen LogP contribution in [0.25, 0.3) is 0 Å². The minimum atomic E-state index is -1.78. The number of unbranched alkanes of at least 4 members (excludes halogenated alkanes) is 15. The summed E-state index contributed by atoms with van der Waals surface area (Å²) in [5, 5.41) is 72.0.